The summed E-state index contributed by atoms with van der Waals surface area (Å²) < 4.78 is 1.09. The fourth-order valence-electron chi connectivity index (χ4n) is 1.59. The molecule has 0 fully saturated rings. The predicted molar refractivity (Wildman–Crippen MR) is 76.3 cm³/mol. The number of benzene rings is 1. The number of aryl methyl sites for hydroxylation is 1. The van der Waals surface area contributed by atoms with Gasteiger partial charge in [0.15, 0.2) is 0 Å². The molecule has 0 spiro atoms. The van der Waals surface area contributed by atoms with Crippen molar-refractivity contribution in [2.75, 3.05) is 0 Å². The molecule has 1 aromatic carbocycles. The van der Waals surface area contributed by atoms with Gasteiger partial charge in [-0.15, -0.1) is 10.2 Å². The molecular weight excluding hydrogens is 296 g/mol. The molecule has 2 nitrogen and oxygen atoms in total. The monoisotopic (exact) mass is 310 g/mol. The Kier molecular flexibility index (Phi) is 4.68. The van der Waals surface area contributed by atoms with E-state index in [-0.39, 0.29) is 0 Å². The fourth-order valence-corrected chi connectivity index (χ4v) is 2.74. The quantitative estimate of drug-likeness (QED) is 0.748. The van der Waals surface area contributed by atoms with E-state index < -0.39 is 0 Å². The van der Waals surface area contributed by atoms with Gasteiger partial charge in [0.2, 0.25) is 0 Å². The summed E-state index contributed by atoms with van der Waals surface area (Å²) in [6.45, 7) is 2.22. The minimum absolute atomic E-state index is 1.02. The minimum Gasteiger partial charge on any atom is -0.143 e. The van der Waals surface area contributed by atoms with Gasteiger partial charge < -0.3 is 0 Å². The van der Waals surface area contributed by atoms with E-state index >= 15 is 0 Å². The second kappa shape index (κ2) is 6.26. The molecule has 0 bridgehead atoms. The van der Waals surface area contributed by atoms with E-state index in [1.54, 1.807) is 11.3 Å². The Morgan fingerprint density at radius 1 is 1.12 bits per heavy atom. The zero-order chi connectivity index (χ0) is 12.1. The first kappa shape index (κ1) is 12.7. The summed E-state index contributed by atoms with van der Waals surface area (Å²) in [5.41, 5.74) is 1.15. The molecule has 0 N–H and O–H groups in total. The van der Waals surface area contributed by atoms with E-state index in [4.69, 9.17) is 0 Å². The Morgan fingerprint density at radius 2 is 1.88 bits per heavy atom. The zero-order valence-electron chi connectivity index (χ0n) is 9.82. The van der Waals surface area contributed by atoms with Crippen LogP contribution in [0.5, 0.6) is 0 Å². The lowest BCUT2D eigenvalue weighted by molar-refractivity contribution is 0.710. The molecule has 0 atom stereocenters. The van der Waals surface area contributed by atoms with Crippen molar-refractivity contribution in [2.45, 2.75) is 32.6 Å². The third-order valence-corrected chi connectivity index (χ3v) is 4.11. The summed E-state index contributed by atoms with van der Waals surface area (Å²) in [6.07, 6.45) is 4.79. The molecule has 1 aromatic heterocycles. The average molecular weight is 311 g/mol. The first-order chi connectivity index (χ1) is 8.29. The van der Waals surface area contributed by atoms with E-state index in [0.717, 1.165) is 26.5 Å². The maximum atomic E-state index is 4.25. The fraction of sp³-hybridized carbons (Fsp3) is 0.385. The highest BCUT2D eigenvalue weighted by atomic mass is 79.9. The maximum absolute atomic E-state index is 4.25. The molecule has 0 unspecified atom stereocenters. The molecule has 0 aliphatic carbocycles. The SMILES string of the molecule is CCCCCc1nnc(-c2ccc(Br)cc2)s1. The Balaban J connectivity index is 2.04. The van der Waals surface area contributed by atoms with Gasteiger partial charge >= 0.3 is 0 Å². The van der Waals surface area contributed by atoms with Crippen LogP contribution in [-0.2, 0) is 6.42 Å². The Bertz CT molecular complexity index is 465. The van der Waals surface area contributed by atoms with Gasteiger partial charge in [-0.25, -0.2) is 0 Å². The lowest BCUT2D eigenvalue weighted by Crippen LogP contribution is -1.83. The van der Waals surface area contributed by atoms with Gasteiger partial charge in [0.1, 0.15) is 10.0 Å². The molecule has 0 radical (unpaired) electrons. The summed E-state index contributed by atoms with van der Waals surface area (Å²) in [5.74, 6) is 0. The van der Waals surface area contributed by atoms with Gasteiger partial charge in [0, 0.05) is 16.5 Å². The molecule has 2 aromatic rings. The van der Waals surface area contributed by atoms with Crippen molar-refractivity contribution in [1.29, 1.82) is 0 Å². The van der Waals surface area contributed by atoms with Crippen molar-refractivity contribution in [3.63, 3.8) is 0 Å². The van der Waals surface area contributed by atoms with Gasteiger partial charge in [-0.2, -0.15) is 0 Å². The number of unbranched alkanes of at least 4 members (excludes halogenated alkanes) is 2. The Hall–Kier alpha value is -0.740. The van der Waals surface area contributed by atoms with Crippen LogP contribution in [0.15, 0.2) is 28.7 Å². The first-order valence-electron chi connectivity index (χ1n) is 5.88. The smallest absolute Gasteiger partial charge is 0.143 e. The van der Waals surface area contributed by atoms with Gasteiger partial charge in [-0.05, 0) is 18.6 Å². The number of hydrogen-bond acceptors (Lipinski definition) is 3. The molecular formula is C13H15BrN2S. The first-order valence-corrected chi connectivity index (χ1v) is 7.49. The van der Waals surface area contributed by atoms with E-state index in [0.29, 0.717) is 0 Å². The zero-order valence-corrected chi connectivity index (χ0v) is 12.2. The molecule has 0 aliphatic rings. The summed E-state index contributed by atoms with van der Waals surface area (Å²) in [6, 6.07) is 8.21. The number of rotatable bonds is 5. The summed E-state index contributed by atoms with van der Waals surface area (Å²) in [5, 5.41) is 10.7. The van der Waals surface area contributed by atoms with Gasteiger partial charge in [-0.3, -0.25) is 0 Å². The average Bonchev–Trinajstić information content (AvgIpc) is 2.79. The van der Waals surface area contributed by atoms with Crippen LogP contribution in [0.4, 0.5) is 0 Å². The number of halogens is 1. The van der Waals surface area contributed by atoms with Crippen LogP contribution in [0.25, 0.3) is 10.6 Å². The molecule has 0 amide bonds. The standard InChI is InChI=1S/C13H15BrN2S/c1-2-3-4-5-12-15-16-13(17-12)10-6-8-11(14)9-7-10/h6-9H,2-5H2,1H3. The third kappa shape index (κ3) is 3.61. The van der Waals surface area contributed by atoms with Crippen molar-refractivity contribution in [3.05, 3.63) is 33.7 Å². The topological polar surface area (TPSA) is 25.8 Å². The molecule has 90 valence electrons. The molecule has 4 heteroatoms. The van der Waals surface area contributed by atoms with E-state index in [1.807, 2.05) is 12.1 Å². The third-order valence-electron chi connectivity index (χ3n) is 2.55. The maximum Gasteiger partial charge on any atom is 0.147 e. The van der Waals surface area contributed by atoms with Gasteiger partial charge in [-0.1, -0.05) is 59.2 Å². The lowest BCUT2D eigenvalue weighted by Gasteiger charge is -1.95. The highest BCUT2D eigenvalue weighted by molar-refractivity contribution is 9.10. The highest BCUT2D eigenvalue weighted by Crippen LogP contribution is 2.25. The highest BCUT2D eigenvalue weighted by Gasteiger charge is 2.06. The van der Waals surface area contributed by atoms with Crippen molar-refractivity contribution in [1.82, 2.24) is 10.2 Å². The summed E-state index contributed by atoms with van der Waals surface area (Å²) >= 11 is 5.14. The lowest BCUT2D eigenvalue weighted by atomic mass is 10.2. The van der Waals surface area contributed by atoms with Crippen molar-refractivity contribution >= 4 is 27.3 Å². The van der Waals surface area contributed by atoms with Crippen LogP contribution < -0.4 is 0 Å². The second-order valence-electron chi connectivity index (χ2n) is 3.96. The molecule has 1 heterocycles. The van der Waals surface area contributed by atoms with Crippen LogP contribution in [-0.4, -0.2) is 10.2 Å². The number of hydrogen-bond donors (Lipinski definition) is 0. The predicted octanol–water partition coefficient (Wildman–Crippen LogP) is 4.70. The van der Waals surface area contributed by atoms with Crippen LogP contribution >= 0.6 is 27.3 Å². The van der Waals surface area contributed by atoms with Crippen LogP contribution in [0.2, 0.25) is 0 Å². The van der Waals surface area contributed by atoms with Crippen LogP contribution in [0, 0.1) is 0 Å². The number of aromatic nitrogens is 2. The summed E-state index contributed by atoms with van der Waals surface area (Å²) in [4.78, 5) is 0. The molecule has 17 heavy (non-hydrogen) atoms. The largest absolute Gasteiger partial charge is 0.147 e. The summed E-state index contributed by atoms with van der Waals surface area (Å²) in [7, 11) is 0. The number of nitrogens with zero attached hydrogens (tertiary/aromatic N) is 2. The Labute approximate surface area is 114 Å². The second-order valence-corrected chi connectivity index (χ2v) is 5.94. The van der Waals surface area contributed by atoms with Crippen molar-refractivity contribution in [2.24, 2.45) is 0 Å². The van der Waals surface area contributed by atoms with Gasteiger partial charge in [0.25, 0.3) is 0 Å². The van der Waals surface area contributed by atoms with Crippen LogP contribution in [0.1, 0.15) is 31.2 Å². The van der Waals surface area contributed by atoms with Crippen LogP contribution in [0.3, 0.4) is 0 Å². The van der Waals surface area contributed by atoms with Crippen molar-refractivity contribution in [3.8, 4) is 10.6 Å². The molecule has 2 rings (SSSR count). The minimum atomic E-state index is 1.02. The van der Waals surface area contributed by atoms with Crippen molar-refractivity contribution < 1.29 is 0 Å². The Morgan fingerprint density at radius 3 is 2.59 bits per heavy atom. The molecule has 0 saturated heterocycles. The van der Waals surface area contributed by atoms with E-state index in [9.17, 15) is 0 Å². The van der Waals surface area contributed by atoms with E-state index in [2.05, 4.69) is 45.2 Å². The molecule has 0 saturated carbocycles. The molecule has 0 aliphatic heterocycles. The normalized spacial score (nSPS) is 10.7. The van der Waals surface area contributed by atoms with E-state index in [1.165, 1.54) is 19.3 Å². The van der Waals surface area contributed by atoms with Gasteiger partial charge in [0.05, 0.1) is 0 Å².